The van der Waals surface area contributed by atoms with Crippen LogP contribution in [0, 0.1) is 6.92 Å². The Morgan fingerprint density at radius 2 is 1.58 bits per heavy atom. The van der Waals surface area contributed by atoms with E-state index in [1.165, 1.54) is 4.90 Å². The number of ether oxygens (including phenoxy) is 2. The largest absolute Gasteiger partial charge is 0.507 e. The monoisotopic (exact) mass is 485 g/mol. The second kappa shape index (κ2) is 9.53. The number of aliphatic hydroxyl groups excluding tert-OH is 1. The predicted molar refractivity (Wildman–Crippen MR) is 141 cm³/mol. The number of nitrogens with zero attached hydrogens (tertiary/aromatic N) is 1. The molecule has 1 fully saturated rings. The lowest BCUT2D eigenvalue weighted by atomic mass is 9.84. The number of carbonyl (C=O) groups excluding carboxylic acids is 2. The molecule has 1 amide bonds. The van der Waals surface area contributed by atoms with Crippen LogP contribution in [0.15, 0.2) is 72.3 Å². The Balaban J connectivity index is 1.97. The molecule has 1 N–H and O–H groups in total. The summed E-state index contributed by atoms with van der Waals surface area (Å²) in [5.74, 6) is -0.304. The van der Waals surface area contributed by atoms with Crippen LogP contribution in [0.1, 0.15) is 49.1 Å². The van der Waals surface area contributed by atoms with Crippen LogP contribution < -0.4 is 14.4 Å². The van der Waals surface area contributed by atoms with Crippen LogP contribution in [-0.2, 0) is 15.0 Å². The van der Waals surface area contributed by atoms with Gasteiger partial charge in [-0.2, -0.15) is 0 Å². The molecule has 6 heteroatoms. The van der Waals surface area contributed by atoms with E-state index in [1.54, 1.807) is 38.5 Å². The number of Topliss-reactive ketones (excluding diaryl/α,β-unsaturated/α-hetero) is 1. The fraction of sp³-hybridized carbons (Fsp3) is 0.267. The lowest BCUT2D eigenvalue weighted by molar-refractivity contribution is -0.132. The first-order valence-electron chi connectivity index (χ1n) is 11.8. The number of benzene rings is 3. The molecule has 1 aliphatic rings. The number of hydrogen-bond acceptors (Lipinski definition) is 5. The van der Waals surface area contributed by atoms with Gasteiger partial charge in [0.2, 0.25) is 0 Å². The minimum absolute atomic E-state index is 0.0402. The van der Waals surface area contributed by atoms with E-state index < -0.39 is 17.7 Å². The van der Waals surface area contributed by atoms with Crippen LogP contribution in [0.25, 0.3) is 5.76 Å². The number of aryl methyl sites for hydroxylation is 1. The number of rotatable bonds is 5. The van der Waals surface area contributed by atoms with Crippen molar-refractivity contribution in [1.82, 2.24) is 0 Å². The van der Waals surface area contributed by atoms with Crippen molar-refractivity contribution in [3.63, 3.8) is 0 Å². The van der Waals surface area contributed by atoms with Crippen LogP contribution in [-0.4, -0.2) is 31.0 Å². The molecular weight excluding hydrogens is 454 g/mol. The van der Waals surface area contributed by atoms with Crippen LogP contribution in [0.3, 0.4) is 0 Å². The zero-order chi connectivity index (χ0) is 26.2. The SMILES string of the molecule is COc1ccc(C2/C(=C(/O)c3ccc(OC)c(C(C)(C)C)c3)C(=O)C(=O)N2c2ccccc2C)cc1. The van der Waals surface area contributed by atoms with Crippen LogP contribution in [0.4, 0.5) is 5.69 Å². The van der Waals surface area contributed by atoms with E-state index in [0.29, 0.717) is 28.3 Å². The van der Waals surface area contributed by atoms with Crippen molar-refractivity contribution >= 4 is 23.1 Å². The third-order valence-electron chi connectivity index (χ3n) is 6.53. The highest BCUT2D eigenvalue weighted by Gasteiger charge is 2.47. The molecular formula is C30H31NO5. The Morgan fingerprint density at radius 3 is 2.17 bits per heavy atom. The van der Waals surface area contributed by atoms with Crippen LogP contribution in [0.5, 0.6) is 11.5 Å². The molecule has 4 rings (SSSR count). The zero-order valence-corrected chi connectivity index (χ0v) is 21.5. The van der Waals surface area contributed by atoms with Gasteiger partial charge in [0.05, 0.1) is 25.8 Å². The number of amides is 1. The van der Waals surface area contributed by atoms with Crippen LogP contribution in [0.2, 0.25) is 0 Å². The van der Waals surface area contributed by atoms with E-state index in [0.717, 1.165) is 11.1 Å². The Kier molecular flexibility index (Phi) is 6.63. The average Bonchev–Trinajstić information content (AvgIpc) is 3.13. The third kappa shape index (κ3) is 4.35. The Bertz CT molecular complexity index is 1350. The summed E-state index contributed by atoms with van der Waals surface area (Å²) < 4.78 is 10.8. The summed E-state index contributed by atoms with van der Waals surface area (Å²) in [6, 6.07) is 19.1. The molecule has 3 aromatic carbocycles. The van der Waals surface area contributed by atoms with Gasteiger partial charge >= 0.3 is 0 Å². The van der Waals surface area contributed by atoms with Crippen LogP contribution >= 0.6 is 0 Å². The first kappa shape index (κ1) is 25.0. The molecule has 1 heterocycles. The first-order chi connectivity index (χ1) is 17.1. The molecule has 0 bridgehead atoms. The molecule has 0 aliphatic carbocycles. The summed E-state index contributed by atoms with van der Waals surface area (Å²) in [5, 5.41) is 11.5. The van der Waals surface area contributed by atoms with Gasteiger partial charge in [-0.25, -0.2) is 0 Å². The maximum absolute atomic E-state index is 13.5. The summed E-state index contributed by atoms with van der Waals surface area (Å²) in [6.07, 6.45) is 0. The normalized spacial score (nSPS) is 17.4. The van der Waals surface area contributed by atoms with Crippen molar-refractivity contribution in [2.45, 2.75) is 39.2 Å². The molecule has 1 saturated heterocycles. The van der Waals surface area contributed by atoms with Crippen molar-refractivity contribution in [1.29, 1.82) is 0 Å². The zero-order valence-electron chi connectivity index (χ0n) is 21.5. The standard InChI is InChI=1S/C30H31NO5/c1-18-9-7-8-10-23(18)31-26(19-11-14-21(35-5)15-12-19)25(28(33)29(31)34)27(32)20-13-16-24(36-6)22(17-20)30(2,3)4/h7-17,26,32H,1-6H3/b27-25-. The summed E-state index contributed by atoms with van der Waals surface area (Å²) in [7, 11) is 3.17. The predicted octanol–water partition coefficient (Wildman–Crippen LogP) is 5.94. The summed E-state index contributed by atoms with van der Waals surface area (Å²) in [6.45, 7) is 8.02. The molecule has 0 spiro atoms. The lowest BCUT2D eigenvalue weighted by Crippen LogP contribution is -2.30. The molecule has 36 heavy (non-hydrogen) atoms. The highest BCUT2D eigenvalue weighted by atomic mass is 16.5. The van der Waals surface area contributed by atoms with Crippen molar-refractivity contribution in [3.05, 3.63) is 94.6 Å². The van der Waals surface area contributed by atoms with E-state index in [-0.39, 0.29) is 16.7 Å². The van der Waals surface area contributed by atoms with Gasteiger partial charge in [-0.05, 0) is 59.9 Å². The minimum atomic E-state index is -0.808. The quantitative estimate of drug-likeness (QED) is 0.275. The molecule has 3 aromatic rings. The Hall–Kier alpha value is -4.06. The number of aliphatic hydroxyl groups is 1. The van der Waals surface area contributed by atoms with E-state index in [4.69, 9.17) is 9.47 Å². The Morgan fingerprint density at radius 1 is 0.917 bits per heavy atom. The van der Waals surface area contributed by atoms with Gasteiger partial charge in [0.1, 0.15) is 17.3 Å². The molecule has 6 nitrogen and oxygen atoms in total. The maximum Gasteiger partial charge on any atom is 0.300 e. The van der Waals surface area contributed by atoms with Gasteiger partial charge < -0.3 is 14.6 Å². The van der Waals surface area contributed by atoms with E-state index in [2.05, 4.69) is 0 Å². The van der Waals surface area contributed by atoms with Gasteiger partial charge in [0, 0.05) is 16.8 Å². The summed E-state index contributed by atoms with van der Waals surface area (Å²) in [5.41, 5.74) is 3.24. The van der Waals surface area contributed by atoms with E-state index >= 15 is 0 Å². The fourth-order valence-corrected chi connectivity index (χ4v) is 4.61. The smallest absolute Gasteiger partial charge is 0.300 e. The topological polar surface area (TPSA) is 76.1 Å². The number of hydrogen-bond donors (Lipinski definition) is 1. The van der Waals surface area contributed by atoms with Crippen molar-refractivity contribution in [2.24, 2.45) is 0 Å². The lowest BCUT2D eigenvalue weighted by Gasteiger charge is -2.27. The number of carbonyl (C=O) groups is 2. The Labute approximate surface area is 211 Å². The van der Waals surface area contributed by atoms with Gasteiger partial charge in [-0.15, -0.1) is 0 Å². The van der Waals surface area contributed by atoms with E-state index in [1.807, 2.05) is 70.2 Å². The molecule has 186 valence electrons. The number of para-hydroxylation sites is 1. The molecule has 0 radical (unpaired) electrons. The number of methoxy groups -OCH3 is 2. The highest BCUT2D eigenvalue weighted by Crippen LogP contribution is 2.44. The number of anilines is 1. The average molecular weight is 486 g/mol. The van der Waals surface area contributed by atoms with Crippen molar-refractivity contribution in [2.75, 3.05) is 19.1 Å². The second-order valence-electron chi connectivity index (χ2n) is 9.89. The molecule has 1 atom stereocenters. The summed E-state index contributed by atoms with van der Waals surface area (Å²) in [4.78, 5) is 28.4. The second-order valence-corrected chi connectivity index (χ2v) is 9.89. The molecule has 1 aliphatic heterocycles. The van der Waals surface area contributed by atoms with Gasteiger partial charge in [0.25, 0.3) is 11.7 Å². The summed E-state index contributed by atoms with van der Waals surface area (Å²) >= 11 is 0. The fourth-order valence-electron chi connectivity index (χ4n) is 4.61. The first-order valence-corrected chi connectivity index (χ1v) is 11.8. The number of ketones is 1. The van der Waals surface area contributed by atoms with Gasteiger partial charge in [0.15, 0.2) is 0 Å². The third-order valence-corrected chi connectivity index (χ3v) is 6.53. The maximum atomic E-state index is 13.5. The van der Waals surface area contributed by atoms with Crippen molar-refractivity contribution < 1.29 is 24.2 Å². The minimum Gasteiger partial charge on any atom is -0.507 e. The van der Waals surface area contributed by atoms with E-state index in [9.17, 15) is 14.7 Å². The molecule has 0 aromatic heterocycles. The highest BCUT2D eigenvalue weighted by molar-refractivity contribution is 6.51. The van der Waals surface area contributed by atoms with Gasteiger partial charge in [-0.1, -0.05) is 51.1 Å². The molecule has 0 saturated carbocycles. The molecule has 1 unspecified atom stereocenters. The van der Waals surface area contributed by atoms with Gasteiger partial charge in [-0.3, -0.25) is 14.5 Å². The van der Waals surface area contributed by atoms with Crippen molar-refractivity contribution in [3.8, 4) is 11.5 Å².